The fourth-order valence-corrected chi connectivity index (χ4v) is 8.40. The topological polar surface area (TPSA) is 115 Å². The summed E-state index contributed by atoms with van der Waals surface area (Å²) in [6, 6.07) is 14.3. The smallest absolute Gasteiger partial charge is 0.415 e. The molecule has 268 valence electrons. The van der Waals surface area contributed by atoms with E-state index in [1.165, 1.54) is 55.8 Å². The van der Waals surface area contributed by atoms with Crippen LogP contribution < -0.4 is 19.1 Å². The van der Waals surface area contributed by atoms with Crippen molar-refractivity contribution in [1.82, 2.24) is 4.90 Å². The van der Waals surface area contributed by atoms with Gasteiger partial charge >= 0.3 is 12.1 Å². The van der Waals surface area contributed by atoms with Crippen LogP contribution in [0.15, 0.2) is 71.5 Å². The van der Waals surface area contributed by atoms with Gasteiger partial charge in [0.2, 0.25) is 0 Å². The summed E-state index contributed by atoms with van der Waals surface area (Å²) in [5.74, 6) is -1.45. The Balaban J connectivity index is 1.42. The lowest BCUT2D eigenvalue weighted by atomic mass is 9.83. The average Bonchev–Trinajstić information content (AvgIpc) is 3.11. The molecular formula is C37H35BrCl2FN3O7. The number of benzene rings is 3. The number of carbonyl (C=O) groups is 2. The number of hydrogen-bond acceptors (Lipinski definition) is 7. The molecule has 3 saturated heterocycles. The summed E-state index contributed by atoms with van der Waals surface area (Å²) < 4.78 is 33.2. The molecule has 1 amide bonds. The second kappa shape index (κ2) is 15.6. The van der Waals surface area contributed by atoms with Crippen LogP contribution in [-0.4, -0.2) is 62.0 Å². The number of carboxylic acids is 1. The maximum Gasteiger partial charge on any atom is 0.415 e. The Morgan fingerprint density at radius 2 is 1.75 bits per heavy atom. The third-order valence-electron chi connectivity index (χ3n) is 9.60. The number of nitrogens with zero attached hydrogens (tertiary/aromatic N) is 3. The van der Waals surface area contributed by atoms with Crippen molar-refractivity contribution in [1.29, 1.82) is 0 Å². The first-order valence-corrected chi connectivity index (χ1v) is 17.8. The van der Waals surface area contributed by atoms with Gasteiger partial charge in [-0.3, -0.25) is 9.80 Å². The van der Waals surface area contributed by atoms with E-state index in [9.17, 15) is 19.9 Å². The summed E-state index contributed by atoms with van der Waals surface area (Å²) in [5, 5.41) is 22.9. The number of fused-ring (bicyclic) bond motifs is 3. The SMILES string of the molecule is COc1ccc([C@H](Cc2c(Cl)c[n+]([O-])cc2Cl)c2c(Br)cc(CN(C(=O)O[C@H]3CN4CCC3CC4)c3ccccc3F)cc2C(=O)O)cc1OC. The molecule has 0 spiro atoms. The molecule has 3 aliphatic rings. The zero-order chi connectivity index (χ0) is 36.4. The number of rotatable bonds is 11. The van der Waals surface area contributed by atoms with E-state index < -0.39 is 23.8 Å². The van der Waals surface area contributed by atoms with Crippen LogP contribution in [0, 0.1) is 16.9 Å². The van der Waals surface area contributed by atoms with Gasteiger partial charge in [-0.2, -0.15) is 4.73 Å². The maximum absolute atomic E-state index is 15.3. The van der Waals surface area contributed by atoms with Gasteiger partial charge in [-0.05, 0) is 91.4 Å². The summed E-state index contributed by atoms with van der Waals surface area (Å²) in [6.45, 7) is 2.35. The summed E-state index contributed by atoms with van der Waals surface area (Å²) in [5.41, 5.74) is 1.78. The Kier molecular flexibility index (Phi) is 11.3. The molecule has 14 heteroatoms. The van der Waals surface area contributed by atoms with Crippen LogP contribution in [0.4, 0.5) is 14.9 Å². The van der Waals surface area contributed by atoms with Crippen LogP contribution in [-0.2, 0) is 17.7 Å². The Bertz CT molecular complexity index is 1940. The third kappa shape index (κ3) is 7.89. The van der Waals surface area contributed by atoms with Crippen LogP contribution in [0.1, 0.15) is 51.4 Å². The molecule has 3 aromatic carbocycles. The van der Waals surface area contributed by atoms with Gasteiger partial charge in [-0.25, -0.2) is 14.0 Å². The molecular weight excluding hydrogens is 768 g/mol. The molecule has 2 atom stereocenters. The predicted molar refractivity (Wildman–Crippen MR) is 194 cm³/mol. The molecule has 7 rings (SSSR count). The van der Waals surface area contributed by atoms with Crippen molar-refractivity contribution >= 4 is 56.9 Å². The van der Waals surface area contributed by atoms with Crippen LogP contribution in [0.2, 0.25) is 10.0 Å². The van der Waals surface area contributed by atoms with Gasteiger partial charge in [0.15, 0.2) is 23.9 Å². The third-order valence-corrected chi connectivity index (χ3v) is 10.9. The Hall–Kier alpha value is -4.10. The number of aromatic nitrogens is 1. The number of carbonyl (C=O) groups excluding carboxylic acids is 1. The molecule has 0 saturated carbocycles. The predicted octanol–water partition coefficient (Wildman–Crippen LogP) is 7.86. The normalized spacial score (nSPS) is 18.6. The fraction of sp³-hybridized carbons (Fsp3) is 0.324. The molecule has 3 fully saturated rings. The number of piperidine rings is 3. The number of methoxy groups -OCH3 is 2. The zero-order valence-electron chi connectivity index (χ0n) is 27.8. The van der Waals surface area contributed by atoms with Crippen LogP contribution in [0.5, 0.6) is 11.5 Å². The van der Waals surface area contributed by atoms with E-state index in [1.807, 2.05) is 0 Å². The minimum atomic E-state index is -1.24. The number of ether oxygens (including phenoxy) is 3. The van der Waals surface area contributed by atoms with Crippen molar-refractivity contribution in [2.75, 3.05) is 38.8 Å². The zero-order valence-corrected chi connectivity index (χ0v) is 30.9. The number of carboxylic acid groups (broad SMARTS) is 1. The first-order chi connectivity index (χ1) is 24.5. The number of hydrogen-bond donors (Lipinski definition) is 1. The van der Waals surface area contributed by atoms with Gasteiger partial charge in [-0.15, -0.1) is 0 Å². The highest BCUT2D eigenvalue weighted by Gasteiger charge is 2.38. The van der Waals surface area contributed by atoms with E-state index in [1.54, 1.807) is 30.3 Å². The molecule has 0 unspecified atom stereocenters. The number of halogens is 4. The van der Waals surface area contributed by atoms with E-state index in [2.05, 4.69) is 20.8 Å². The first kappa shape index (κ1) is 36.7. The fourth-order valence-electron chi connectivity index (χ4n) is 7.02. The quantitative estimate of drug-likeness (QED) is 0.121. The molecule has 10 nitrogen and oxygen atoms in total. The largest absolute Gasteiger partial charge is 0.619 e. The molecule has 1 aromatic heterocycles. The van der Waals surface area contributed by atoms with Crippen molar-refractivity contribution in [3.05, 3.63) is 120 Å². The van der Waals surface area contributed by atoms with Crippen LogP contribution in [0.3, 0.4) is 0 Å². The van der Waals surface area contributed by atoms with Crippen molar-refractivity contribution < 1.29 is 38.0 Å². The van der Waals surface area contributed by atoms with E-state index >= 15 is 4.39 Å². The summed E-state index contributed by atoms with van der Waals surface area (Å²) in [7, 11) is 3.00. The van der Waals surface area contributed by atoms with Crippen molar-refractivity contribution in [2.24, 2.45) is 5.92 Å². The minimum Gasteiger partial charge on any atom is -0.619 e. The molecule has 4 aromatic rings. The van der Waals surface area contributed by atoms with E-state index in [-0.39, 0.29) is 46.3 Å². The van der Waals surface area contributed by atoms with E-state index in [0.29, 0.717) is 49.5 Å². The number of pyridine rings is 1. The van der Waals surface area contributed by atoms with Crippen LogP contribution in [0.25, 0.3) is 0 Å². The second-order valence-electron chi connectivity index (χ2n) is 12.6. The summed E-state index contributed by atoms with van der Waals surface area (Å²) in [4.78, 5) is 30.4. The minimum absolute atomic E-state index is 0.00743. The van der Waals surface area contributed by atoms with Gasteiger partial charge in [0.25, 0.3) is 0 Å². The molecule has 0 aliphatic carbocycles. The standard InChI is InChI=1S/C37H35BrCl2FN3O7/c1-49-32-8-7-23(15-33(32)50-2)24(16-25-28(39)18-43(48)19-29(25)40)35-26(36(45)46)13-21(14-27(35)38)17-44(31-6-4-3-5-30(31)41)37(47)51-34-20-42-11-9-22(34)10-12-42/h3-8,13-15,18-19,22,24,34H,9-12,16-17,20H2,1-2H3,(H,45,46)/t24-,34-/m0/s1. The van der Waals surface area contributed by atoms with Gasteiger partial charge in [0, 0.05) is 22.5 Å². The molecule has 2 bridgehead atoms. The monoisotopic (exact) mass is 801 g/mol. The second-order valence-corrected chi connectivity index (χ2v) is 14.3. The number of amides is 1. The highest BCUT2D eigenvalue weighted by atomic mass is 79.9. The van der Waals surface area contributed by atoms with E-state index in [0.717, 1.165) is 25.9 Å². The van der Waals surface area contributed by atoms with Crippen molar-refractivity contribution in [2.45, 2.75) is 37.8 Å². The number of para-hydroxylation sites is 1. The van der Waals surface area contributed by atoms with Crippen LogP contribution >= 0.6 is 39.1 Å². The van der Waals surface area contributed by atoms with Gasteiger partial charge in [0.1, 0.15) is 22.0 Å². The van der Waals surface area contributed by atoms with E-state index in [4.69, 9.17) is 37.4 Å². The highest BCUT2D eigenvalue weighted by molar-refractivity contribution is 9.10. The molecule has 1 N–H and O–H groups in total. The first-order valence-electron chi connectivity index (χ1n) is 16.3. The number of anilines is 1. The Morgan fingerprint density at radius 3 is 2.35 bits per heavy atom. The summed E-state index contributed by atoms with van der Waals surface area (Å²) in [6.07, 6.45) is 3.25. The van der Waals surface area contributed by atoms with Gasteiger partial charge in [-0.1, -0.05) is 57.3 Å². The maximum atomic E-state index is 15.3. The van der Waals surface area contributed by atoms with Gasteiger partial charge < -0.3 is 24.5 Å². The lowest BCUT2D eigenvalue weighted by Crippen LogP contribution is -2.53. The van der Waals surface area contributed by atoms with Crippen molar-refractivity contribution in [3.8, 4) is 11.5 Å². The molecule has 3 aliphatic heterocycles. The lowest BCUT2D eigenvalue weighted by Gasteiger charge is -2.44. The van der Waals surface area contributed by atoms with Gasteiger partial charge in [0.05, 0.1) is 32.0 Å². The summed E-state index contributed by atoms with van der Waals surface area (Å²) >= 11 is 16.7. The lowest BCUT2D eigenvalue weighted by molar-refractivity contribution is -0.605. The Morgan fingerprint density at radius 1 is 1.06 bits per heavy atom. The molecule has 0 radical (unpaired) electrons. The Labute approximate surface area is 312 Å². The van der Waals surface area contributed by atoms with Crippen molar-refractivity contribution in [3.63, 3.8) is 0 Å². The average molecular weight is 804 g/mol. The number of aromatic carboxylic acids is 1. The highest BCUT2D eigenvalue weighted by Crippen LogP contribution is 2.42. The molecule has 4 heterocycles. The molecule has 51 heavy (non-hydrogen) atoms.